The molecule has 0 atom stereocenters. The number of hydrogen-bond donors (Lipinski definition) is 1. The molecule has 1 amide bonds. The molecule has 0 spiro atoms. The Labute approximate surface area is 182 Å². The van der Waals surface area contributed by atoms with Crippen LogP contribution >= 0.6 is 0 Å². The van der Waals surface area contributed by atoms with Crippen molar-refractivity contribution in [3.8, 4) is 34.8 Å². The zero-order valence-corrected chi connectivity index (χ0v) is 17.5. The highest BCUT2D eigenvalue weighted by Crippen LogP contribution is 2.40. The van der Waals surface area contributed by atoms with Crippen LogP contribution in [0.3, 0.4) is 0 Å². The summed E-state index contributed by atoms with van der Waals surface area (Å²) in [6, 6.07) is 7.36. The molecule has 32 heavy (non-hydrogen) atoms. The first-order valence-electron chi connectivity index (χ1n) is 9.23. The minimum atomic E-state index is -0.846. The summed E-state index contributed by atoms with van der Waals surface area (Å²) in [5.41, 5.74) is -0.408. The van der Waals surface area contributed by atoms with Gasteiger partial charge in [0.05, 0.1) is 32.3 Å². The molecule has 166 valence electrons. The van der Waals surface area contributed by atoms with Gasteiger partial charge in [-0.05, 0) is 23.8 Å². The van der Waals surface area contributed by atoms with Crippen molar-refractivity contribution < 1.29 is 33.4 Å². The van der Waals surface area contributed by atoms with Crippen LogP contribution in [0.1, 0.15) is 5.56 Å². The number of nitrogens with zero attached hydrogens (tertiary/aromatic N) is 2. The summed E-state index contributed by atoms with van der Waals surface area (Å²) in [6.07, 6.45) is 1.30. The summed E-state index contributed by atoms with van der Waals surface area (Å²) in [5.74, 6) is 0.623. The lowest BCUT2D eigenvalue weighted by Crippen LogP contribution is -2.18. The quantitative estimate of drug-likeness (QED) is 0.297. The number of ether oxygens (including phenoxy) is 5. The minimum absolute atomic E-state index is 0.129. The Bertz CT molecular complexity index is 1110. The number of methoxy groups -OCH3 is 3. The van der Waals surface area contributed by atoms with E-state index in [9.17, 15) is 20.2 Å². The highest BCUT2D eigenvalue weighted by molar-refractivity contribution is 6.10. The molecule has 3 rings (SSSR count). The van der Waals surface area contributed by atoms with E-state index in [2.05, 4.69) is 5.32 Å². The Hall–Kier alpha value is -4.46. The van der Waals surface area contributed by atoms with Gasteiger partial charge in [-0.25, -0.2) is 0 Å². The van der Waals surface area contributed by atoms with Crippen LogP contribution in [0.4, 0.5) is 11.4 Å². The molecule has 1 aliphatic heterocycles. The number of carbonyl (C=O) groups is 1. The first kappa shape index (κ1) is 22.2. The maximum atomic E-state index is 12.7. The second kappa shape index (κ2) is 9.57. The largest absolute Gasteiger partial charge is 0.493 e. The molecule has 1 heterocycles. The van der Waals surface area contributed by atoms with Gasteiger partial charge in [0.25, 0.3) is 11.6 Å². The average Bonchev–Trinajstić information content (AvgIpc) is 2.80. The van der Waals surface area contributed by atoms with Gasteiger partial charge in [-0.3, -0.25) is 14.9 Å². The Morgan fingerprint density at radius 3 is 2.19 bits per heavy atom. The fourth-order valence-electron chi connectivity index (χ4n) is 3.02. The van der Waals surface area contributed by atoms with E-state index in [1.54, 1.807) is 18.2 Å². The van der Waals surface area contributed by atoms with Gasteiger partial charge in [0.15, 0.2) is 23.0 Å². The Morgan fingerprint density at radius 2 is 1.69 bits per heavy atom. The van der Waals surface area contributed by atoms with Crippen molar-refractivity contribution in [2.75, 3.05) is 39.9 Å². The molecule has 11 nitrogen and oxygen atoms in total. The number of nitro groups is 1. The van der Waals surface area contributed by atoms with Crippen LogP contribution in [0.25, 0.3) is 6.08 Å². The van der Waals surface area contributed by atoms with E-state index in [1.165, 1.54) is 39.5 Å². The molecule has 1 N–H and O–H groups in total. The summed E-state index contributed by atoms with van der Waals surface area (Å²) >= 11 is 0. The molecule has 0 unspecified atom stereocenters. The monoisotopic (exact) mass is 441 g/mol. The van der Waals surface area contributed by atoms with Gasteiger partial charge < -0.3 is 29.0 Å². The lowest BCUT2D eigenvalue weighted by molar-refractivity contribution is -0.384. The van der Waals surface area contributed by atoms with Crippen molar-refractivity contribution in [3.05, 3.63) is 45.5 Å². The number of nitro benzene ring substituents is 1. The SMILES string of the molecule is COc1cc(C=C(C#N)C(=O)Nc2cc3c(cc2[N+](=O)[O-])OCCO3)cc(OC)c1OC. The number of carbonyl (C=O) groups excluding carboxylic acids is 1. The Kier molecular flexibility index (Phi) is 6.65. The fraction of sp³-hybridized carbons (Fsp3) is 0.238. The average molecular weight is 441 g/mol. The van der Waals surface area contributed by atoms with E-state index in [1.807, 2.05) is 0 Å². The third-order valence-corrected chi connectivity index (χ3v) is 4.47. The van der Waals surface area contributed by atoms with Gasteiger partial charge in [0, 0.05) is 6.07 Å². The van der Waals surface area contributed by atoms with Crippen molar-refractivity contribution in [3.63, 3.8) is 0 Å². The summed E-state index contributed by atoms with van der Waals surface area (Å²) < 4.78 is 26.5. The number of fused-ring (bicyclic) bond motifs is 1. The van der Waals surface area contributed by atoms with Crippen LogP contribution in [0.5, 0.6) is 28.7 Å². The maximum absolute atomic E-state index is 12.7. The number of rotatable bonds is 7. The van der Waals surface area contributed by atoms with Crippen LogP contribution in [-0.4, -0.2) is 45.4 Å². The van der Waals surface area contributed by atoms with Gasteiger partial charge in [-0.2, -0.15) is 5.26 Å². The van der Waals surface area contributed by atoms with E-state index in [0.29, 0.717) is 22.8 Å². The van der Waals surface area contributed by atoms with Crippen molar-refractivity contribution in [2.45, 2.75) is 0 Å². The van der Waals surface area contributed by atoms with E-state index >= 15 is 0 Å². The second-order valence-corrected chi connectivity index (χ2v) is 6.35. The molecule has 2 aromatic carbocycles. The molecule has 0 aromatic heterocycles. The molecule has 0 saturated carbocycles. The molecule has 1 aliphatic rings. The number of benzene rings is 2. The standard InChI is InChI=1S/C21H19N3O8/c1-28-18-7-12(8-19(29-2)20(18)30-3)6-13(11-22)21(25)23-14-9-16-17(32-5-4-31-16)10-15(14)24(26)27/h6-10H,4-5H2,1-3H3,(H,23,25). The summed E-state index contributed by atoms with van der Waals surface area (Å²) in [5, 5.41) is 23.4. The smallest absolute Gasteiger partial charge is 0.296 e. The predicted molar refractivity (Wildman–Crippen MR) is 112 cm³/mol. The first-order chi connectivity index (χ1) is 15.4. The highest BCUT2D eigenvalue weighted by Gasteiger charge is 2.24. The van der Waals surface area contributed by atoms with Gasteiger partial charge in [-0.15, -0.1) is 0 Å². The number of anilines is 1. The molecule has 0 radical (unpaired) electrons. The maximum Gasteiger partial charge on any atom is 0.296 e. The van der Waals surface area contributed by atoms with Crippen LogP contribution in [-0.2, 0) is 4.79 Å². The van der Waals surface area contributed by atoms with E-state index < -0.39 is 16.5 Å². The third kappa shape index (κ3) is 4.49. The van der Waals surface area contributed by atoms with Crippen LogP contribution in [0, 0.1) is 21.4 Å². The summed E-state index contributed by atoms with van der Waals surface area (Å²) in [7, 11) is 4.32. The van der Waals surface area contributed by atoms with E-state index in [-0.39, 0.29) is 36.0 Å². The third-order valence-electron chi connectivity index (χ3n) is 4.47. The van der Waals surface area contributed by atoms with Crippen LogP contribution in [0.2, 0.25) is 0 Å². The number of hydrogen-bond acceptors (Lipinski definition) is 9. The second-order valence-electron chi connectivity index (χ2n) is 6.35. The van der Waals surface area contributed by atoms with Crippen molar-refractivity contribution in [2.24, 2.45) is 0 Å². The first-order valence-corrected chi connectivity index (χ1v) is 9.23. The molecular formula is C21H19N3O8. The molecule has 11 heteroatoms. The molecule has 0 saturated heterocycles. The highest BCUT2D eigenvalue weighted by atomic mass is 16.6. The number of amides is 1. The van der Waals surface area contributed by atoms with Crippen molar-refractivity contribution in [1.29, 1.82) is 5.26 Å². The van der Waals surface area contributed by atoms with Crippen molar-refractivity contribution in [1.82, 2.24) is 0 Å². The van der Waals surface area contributed by atoms with Crippen LogP contribution < -0.4 is 29.0 Å². The van der Waals surface area contributed by atoms with E-state index in [0.717, 1.165) is 0 Å². The Morgan fingerprint density at radius 1 is 1.09 bits per heavy atom. The molecule has 0 bridgehead atoms. The number of nitrogens with one attached hydrogen (secondary N) is 1. The van der Waals surface area contributed by atoms with Crippen molar-refractivity contribution >= 4 is 23.4 Å². The zero-order chi connectivity index (χ0) is 23.3. The Balaban J connectivity index is 1.96. The molecular weight excluding hydrogens is 422 g/mol. The normalized spacial score (nSPS) is 12.4. The fourth-order valence-corrected chi connectivity index (χ4v) is 3.02. The summed E-state index contributed by atoms with van der Waals surface area (Å²) in [4.78, 5) is 23.5. The molecule has 0 aliphatic carbocycles. The molecule has 0 fully saturated rings. The predicted octanol–water partition coefficient (Wildman–Crippen LogP) is 2.94. The van der Waals surface area contributed by atoms with E-state index in [4.69, 9.17) is 23.7 Å². The van der Waals surface area contributed by atoms with Gasteiger partial charge >= 0.3 is 0 Å². The lowest BCUT2D eigenvalue weighted by atomic mass is 10.1. The topological polar surface area (TPSA) is 142 Å². The minimum Gasteiger partial charge on any atom is -0.493 e. The van der Waals surface area contributed by atoms with Gasteiger partial charge in [0.2, 0.25) is 5.75 Å². The summed E-state index contributed by atoms with van der Waals surface area (Å²) in [6.45, 7) is 0.522. The van der Waals surface area contributed by atoms with Crippen LogP contribution in [0.15, 0.2) is 29.8 Å². The van der Waals surface area contributed by atoms with Gasteiger partial charge in [0.1, 0.15) is 30.5 Å². The lowest BCUT2D eigenvalue weighted by Gasteiger charge is -2.19. The molecule has 2 aromatic rings. The zero-order valence-electron chi connectivity index (χ0n) is 17.5. The number of nitriles is 1. The van der Waals surface area contributed by atoms with Gasteiger partial charge in [-0.1, -0.05) is 0 Å².